The van der Waals surface area contributed by atoms with Crippen LogP contribution in [0.3, 0.4) is 0 Å². The summed E-state index contributed by atoms with van der Waals surface area (Å²) in [6, 6.07) is 15.6. The Balaban J connectivity index is 1.80. The van der Waals surface area contributed by atoms with Crippen LogP contribution in [0.4, 0.5) is 5.00 Å². The minimum atomic E-state index is -0.814. The maximum absolute atomic E-state index is 10.9. The van der Waals surface area contributed by atoms with Crippen LogP contribution in [-0.2, 0) is 17.8 Å². The number of carboxylic acid groups (broad SMARTS) is 1. The van der Waals surface area contributed by atoms with Crippen molar-refractivity contribution >= 4 is 33.4 Å². The maximum Gasteiger partial charge on any atom is 0.307 e. The molecule has 0 amide bonds. The molecule has 1 aromatic heterocycles. The van der Waals surface area contributed by atoms with E-state index in [1.165, 1.54) is 11.5 Å². The molecule has 0 aliphatic carbocycles. The number of benzene rings is 2. The molecule has 0 radical (unpaired) electrons. The van der Waals surface area contributed by atoms with Crippen LogP contribution in [0.2, 0.25) is 0 Å². The SMILES string of the molecule is O=C(O)Cc1ccccc1CNc1snc2ccccc12. The molecule has 5 heteroatoms. The van der Waals surface area contributed by atoms with Crippen molar-refractivity contribution in [1.29, 1.82) is 0 Å². The molecule has 2 aromatic carbocycles. The third kappa shape index (κ3) is 3.03. The normalized spacial score (nSPS) is 10.7. The van der Waals surface area contributed by atoms with Gasteiger partial charge in [0.05, 0.1) is 11.9 Å². The first-order chi connectivity index (χ1) is 10.2. The number of hydrogen-bond acceptors (Lipinski definition) is 4. The van der Waals surface area contributed by atoms with Gasteiger partial charge in [-0.3, -0.25) is 4.79 Å². The summed E-state index contributed by atoms with van der Waals surface area (Å²) in [6.07, 6.45) is 0.0429. The highest BCUT2D eigenvalue weighted by Gasteiger charge is 2.08. The molecule has 0 fully saturated rings. The van der Waals surface area contributed by atoms with Gasteiger partial charge in [0.1, 0.15) is 5.00 Å². The zero-order valence-electron chi connectivity index (χ0n) is 11.2. The van der Waals surface area contributed by atoms with E-state index in [9.17, 15) is 4.79 Å². The van der Waals surface area contributed by atoms with Crippen LogP contribution in [0.15, 0.2) is 48.5 Å². The summed E-state index contributed by atoms with van der Waals surface area (Å²) in [4.78, 5) is 10.9. The van der Waals surface area contributed by atoms with Gasteiger partial charge in [0.15, 0.2) is 0 Å². The van der Waals surface area contributed by atoms with E-state index in [0.29, 0.717) is 6.54 Å². The number of nitrogens with one attached hydrogen (secondary N) is 1. The Morgan fingerprint density at radius 3 is 2.62 bits per heavy atom. The van der Waals surface area contributed by atoms with Gasteiger partial charge in [0.2, 0.25) is 0 Å². The number of carboxylic acids is 1. The van der Waals surface area contributed by atoms with Gasteiger partial charge in [0.25, 0.3) is 0 Å². The highest BCUT2D eigenvalue weighted by molar-refractivity contribution is 7.11. The van der Waals surface area contributed by atoms with E-state index in [4.69, 9.17) is 5.11 Å². The Labute approximate surface area is 126 Å². The van der Waals surface area contributed by atoms with Gasteiger partial charge in [-0.2, -0.15) is 4.37 Å². The second-order valence-corrected chi connectivity index (χ2v) is 5.50. The van der Waals surface area contributed by atoms with Crippen LogP contribution >= 0.6 is 11.5 Å². The average molecular weight is 298 g/mol. The van der Waals surface area contributed by atoms with Crippen molar-refractivity contribution in [2.24, 2.45) is 0 Å². The molecule has 0 atom stereocenters. The van der Waals surface area contributed by atoms with E-state index in [1.807, 2.05) is 48.5 Å². The summed E-state index contributed by atoms with van der Waals surface area (Å²) in [7, 11) is 0. The van der Waals surface area contributed by atoms with E-state index >= 15 is 0 Å². The lowest BCUT2D eigenvalue weighted by Crippen LogP contribution is -2.06. The quantitative estimate of drug-likeness (QED) is 0.756. The van der Waals surface area contributed by atoms with Crippen LogP contribution in [-0.4, -0.2) is 15.4 Å². The summed E-state index contributed by atoms with van der Waals surface area (Å²) in [5.41, 5.74) is 2.81. The fourth-order valence-electron chi connectivity index (χ4n) is 2.26. The Hall–Kier alpha value is -2.40. The molecular weight excluding hydrogens is 284 g/mol. The van der Waals surface area contributed by atoms with Gasteiger partial charge in [-0.1, -0.05) is 36.4 Å². The van der Waals surface area contributed by atoms with Crippen molar-refractivity contribution in [1.82, 2.24) is 4.37 Å². The first-order valence-electron chi connectivity index (χ1n) is 6.61. The lowest BCUT2D eigenvalue weighted by molar-refractivity contribution is -0.136. The summed E-state index contributed by atoms with van der Waals surface area (Å²) < 4.78 is 4.39. The highest BCUT2D eigenvalue weighted by atomic mass is 32.1. The van der Waals surface area contributed by atoms with E-state index in [0.717, 1.165) is 27.0 Å². The topological polar surface area (TPSA) is 62.2 Å². The number of fused-ring (bicyclic) bond motifs is 1. The van der Waals surface area contributed by atoms with Crippen molar-refractivity contribution in [3.8, 4) is 0 Å². The smallest absolute Gasteiger partial charge is 0.307 e. The average Bonchev–Trinajstić information content (AvgIpc) is 2.89. The summed E-state index contributed by atoms with van der Waals surface area (Å²) in [6.45, 7) is 0.593. The van der Waals surface area contributed by atoms with Crippen LogP contribution in [0, 0.1) is 0 Å². The van der Waals surface area contributed by atoms with Gasteiger partial charge in [-0.15, -0.1) is 0 Å². The fourth-order valence-corrected chi connectivity index (χ4v) is 3.01. The molecule has 2 N–H and O–H groups in total. The van der Waals surface area contributed by atoms with E-state index in [1.54, 1.807) is 0 Å². The highest BCUT2D eigenvalue weighted by Crippen LogP contribution is 2.27. The van der Waals surface area contributed by atoms with Gasteiger partial charge < -0.3 is 10.4 Å². The largest absolute Gasteiger partial charge is 0.481 e. The monoisotopic (exact) mass is 298 g/mol. The molecule has 106 valence electrons. The van der Waals surface area contributed by atoms with Crippen LogP contribution in [0.1, 0.15) is 11.1 Å². The third-order valence-electron chi connectivity index (χ3n) is 3.28. The number of hydrogen-bond donors (Lipinski definition) is 2. The van der Waals surface area contributed by atoms with Crippen LogP contribution in [0.5, 0.6) is 0 Å². The van der Waals surface area contributed by atoms with Crippen molar-refractivity contribution < 1.29 is 9.90 Å². The zero-order chi connectivity index (χ0) is 14.7. The molecule has 3 aromatic rings. The molecule has 1 heterocycles. The number of aliphatic carboxylic acids is 1. The molecule has 0 aliphatic rings. The number of aromatic nitrogens is 1. The molecular formula is C16H14N2O2S. The van der Waals surface area contributed by atoms with Crippen molar-refractivity contribution in [2.45, 2.75) is 13.0 Å². The van der Waals surface area contributed by atoms with Crippen LogP contribution < -0.4 is 5.32 Å². The number of rotatable bonds is 5. The summed E-state index contributed by atoms with van der Waals surface area (Å²) in [5, 5.41) is 14.4. The van der Waals surface area contributed by atoms with E-state index < -0.39 is 5.97 Å². The maximum atomic E-state index is 10.9. The Kier molecular flexibility index (Phi) is 3.83. The van der Waals surface area contributed by atoms with Gasteiger partial charge in [-0.05, 0) is 34.8 Å². The Morgan fingerprint density at radius 2 is 1.81 bits per heavy atom. The number of anilines is 1. The predicted molar refractivity (Wildman–Crippen MR) is 84.7 cm³/mol. The number of nitrogens with zero attached hydrogens (tertiary/aromatic N) is 1. The molecule has 0 saturated heterocycles. The van der Waals surface area contributed by atoms with Crippen molar-refractivity contribution in [3.63, 3.8) is 0 Å². The second kappa shape index (κ2) is 5.93. The van der Waals surface area contributed by atoms with Gasteiger partial charge >= 0.3 is 5.97 Å². The van der Waals surface area contributed by atoms with Gasteiger partial charge in [-0.25, -0.2) is 0 Å². The predicted octanol–water partition coefficient (Wildman–Crippen LogP) is 3.54. The van der Waals surface area contributed by atoms with Gasteiger partial charge in [0, 0.05) is 11.9 Å². The van der Waals surface area contributed by atoms with Crippen LogP contribution in [0.25, 0.3) is 10.9 Å². The first-order valence-corrected chi connectivity index (χ1v) is 7.38. The van der Waals surface area contributed by atoms with E-state index in [2.05, 4.69) is 9.69 Å². The lowest BCUT2D eigenvalue weighted by atomic mass is 10.0. The molecule has 3 rings (SSSR count). The molecule has 0 saturated carbocycles. The molecule has 0 spiro atoms. The Morgan fingerprint density at radius 1 is 1.10 bits per heavy atom. The molecule has 21 heavy (non-hydrogen) atoms. The molecule has 0 aliphatic heterocycles. The standard InChI is InChI=1S/C16H14N2O2S/c19-15(20)9-11-5-1-2-6-12(11)10-17-16-13-7-3-4-8-14(13)18-21-16/h1-8,17H,9-10H2,(H,19,20). The van der Waals surface area contributed by atoms with Crippen molar-refractivity contribution in [3.05, 3.63) is 59.7 Å². The second-order valence-electron chi connectivity index (χ2n) is 4.72. The van der Waals surface area contributed by atoms with E-state index in [-0.39, 0.29) is 6.42 Å². The summed E-state index contributed by atoms with van der Waals surface area (Å²) >= 11 is 1.42. The lowest BCUT2D eigenvalue weighted by Gasteiger charge is -2.09. The molecule has 4 nitrogen and oxygen atoms in total. The first kappa shape index (κ1) is 13.6. The molecule has 0 bridgehead atoms. The minimum Gasteiger partial charge on any atom is -0.481 e. The number of carbonyl (C=O) groups is 1. The minimum absolute atomic E-state index is 0.0429. The molecule has 0 unspecified atom stereocenters. The van der Waals surface area contributed by atoms with Crippen molar-refractivity contribution in [2.75, 3.05) is 5.32 Å². The third-order valence-corrected chi connectivity index (χ3v) is 4.12. The Bertz CT molecular complexity index is 783. The zero-order valence-corrected chi connectivity index (χ0v) is 12.1. The summed E-state index contributed by atoms with van der Waals surface area (Å²) in [5.74, 6) is -0.814. The fraction of sp³-hybridized carbons (Fsp3) is 0.125.